The van der Waals surface area contributed by atoms with Crippen molar-refractivity contribution in [1.29, 1.82) is 0 Å². The van der Waals surface area contributed by atoms with Crippen LogP contribution in [0, 0.1) is 0 Å². The molecule has 0 bridgehead atoms. The lowest BCUT2D eigenvalue weighted by molar-refractivity contribution is -0.133. The van der Waals surface area contributed by atoms with Crippen LogP contribution in [0.4, 0.5) is 10.3 Å². The fourth-order valence-electron chi connectivity index (χ4n) is 3.06. The second-order valence-electron chi connectivity index (χ2n) is 6.66. The highest BCUT2D eigenvalue weighted by Crippen LogP contribution is 2.29. The first-order valence-corrected chi connectivity index (χ1v) is 10.1. The molecule has 2 N–H and O–H groups in total. The third-order valence-corrected chi connectivity index (χ3v) is 6.49. The number of fused-ring (bicyclic) bond motifs is 2. The molecule has 0 aliphatic carbocycles. The number of aromatic nitrogens is 2. The first-order valence-electron chi connectivity index (χ1n) is 8.44. The molecule has 2 aliphatic heterocycles. The number of anilines is 2. The van der Waals surface area contributed by atoms with Crippen molar-refractivity contribution in [2.45, 2.75) is 25.9 Å². The van der Waals surface area contributed by atoms with Crippen LogP contribution in [-0.2, 0) is 35.5 Å². The number of hydrogen-bond donors (Lipinski definition) is 2. The van der Waals surface area contributed by atoms with Gasteiger partial charge >= 0.3 is 11.8 Å². The number of likely N-dealkylation sites (N-methyl/N-ethyl adjacent to an activating group) is 2. The van der Waals surface area contributed by atoms with Crippen LogP contribution in [0.2, 0.25) is 0 Å². The van der Waals surface area contributed by atoms with Crippen molar-refractivity contribution < 1.29 is 9.59 Å². The molecule has 0 fully saturated rings. The number of hydrogen-bond acceptors (Lipinski definition) is 8. The molecule has 10 heteroatoms. The van der Waals surface area contributed by atoms with E-state index in [0.717, 1.165) is 60.2 Å². The van der Waals surface area contributed by atoms with Crippen molar-refractivity contribution in [2.75, 3.05) is 37.8 Å². The van der Waals surface area contributed by atoms with Gasteiger partial charge < -0.3 is 9.80 Å². The molecule has 0 aromatic carbocycles. The van der Waals surface area contributed by atoms with Gasteiger partial charge in [-0.3, -0.25) is 20.2 Å². The molecule has 8 nitrogen and oxygen atoms in total. The number of carbonyl (C=O) groups excluding carboxylic acids is 2. The van der Waals surface area contributed by atoms with E-state index < -0.39 is 11.8 Å². The topological polar surface area (TPSA) is 90.5 Å². The van der Waals surface area contributed by atoms with Gasteiger partial charge in [-0.2, -0.15) is 0 Å². The van der Waals surface area contributed by atoms with Crippen LogP contribution in [0.15, 0.2) is 0 Å². The smallest absolute Gasteiger partial charge is 0.301 e. The molecule has 0 unspecified atom stereocenters. The van der Waals surface area contributed by atoms with Crippen LogP contribution in [0.1, 0.15) is 21.1 Å². The molecule has 0 atom stereocenters. The van der Waals surface area contributed by atoms with Crippen LogP contribution in [0.3, 0.4) is 0 Å². The van der Waals surface area contributed by atoms with Crippen LogP contribution >= 0.6 is 22.7 Å². The van der Waals surface area contributed by atoms with Crippen molar-refractivity contribution in [1.82, 2.24) is 19.8 Å². The summed E-state index contributed by atoms with van der Waals surface area (Å²) in [5, 5.41) is 6.17. The fraction of sp³-hybridized carbons (Fsp3) is 0.500. The molecule has 0 saturated heterocycles. The maximum atomic E-state index is 12.2. The van der Waals surface area contributed by atoms with Gasteiger partial charge in [-0.15, -0.1) is 22.7 Å². The molecule has 2 aromatic rings. The first kappa shape index (κ1) is 17.5. The summed E-state index contributed by atoms with van der Waals surface area (Å²) in [6, 6.07) is 0. The number of carbonyl (C=O) groups is 2. The lowest BCUT2D eigenvalue weighted by Gasteiger charge is -2.20. The number of nitrogens with one attached hydrogen (secondary N) is 2. The Kier molecular flexibility index (Phi) is 4.74. The van der Waals surface area contributed by atoms with Crippen molar-refractivity contribution >= 4 is 44.8 Å². The van der Waals surface area contributed by atoms with Crippen molar-refractivity contribution in [3.8, 4) is 0 Å². The van der Waals surface area contributed by atoms with Crippen LogP contribution in [0.25, 0.3) is 0 Å². The van der Waals surface area contributed by atoms with E-state index >= 15 is 0 Å². The van der Waals surface area contributed by atoms with Gasteiger partial charge in [0.2, 0.25) is 0 Å². The zero-order chi connectivity index (χ0) is 18.3. The highest BCUT2D eigenvalue weighted by molar-refractivity contribution is 7.16. The second-order valence-corrected chi connectivity index (χ2v) is 8.83. The minimum absolute atomic E-state index is 0.477. The summed E-state index contributed by atoms with van der Waals surface area (Å²) < 4.78 is 0. The monoisotopic (exact) mass is 392 g/mol. The van der Waals surface area contributed by atoms with Gasteiger partial charge in [0.05, 0.1) is 11.4 Å². The number of thiazole rings is 2. The third kappa shape index (κ3) is 3.63. The highest BCUT2D eigenvalue weighted by Gasteiger charge is 2.23. The Morgan fingerprint density at radius 1 is 0.846 bits per heavy atom. The first-order chi connectivity index (χ1) is 12.5. The standard InChI is InChI=1S/C16H20N6O2S2/c1-21-5-3-9-11(7-21)25-15(17-9)19-13(23)14(24)20-16-18-10-4-6-22(2)8-12(10)26-16/h3-8H2,1-2H3,(H,17,19,23)(H,18,20,24). The van der Waals surface area contributed by atoms with E-state index in [-0.39, 0.29) is 0 Å². The maximum absolute atomic E-state index is 12.2. The number of rotatable bonds is 2. The Hall–Kier alpha value is -1.88. The van der Waals surface area contributed by atoms with Gasteiger partial charge in [-0.25, -0.2) is 9.97 Å². The van der Waals surface area contributed by atoms with E-state index in [2.05, 4.69) is 44.5 Å². The quantitative estimate of drug-likeness (QED) is 0.746. The van der Waals surface area contributed by atoms with Gasteiger partial charge in [0.25, 0.3) is 0 Å². The van der Waals surface area contributed by atoms with E-state index in [1.54, 1.807) is 0 Å². The summed E-state index contributed by atoms with van der Waals surface area (Å²) in [4.78, 5) is 40.0. The van der Waals surface area contributed by atoms with Crippen molar-refractivity contribution in [3.63, 3.8) is 0 Å². The summed E-state index contributed by atoms with van der Waals surface area (Å²) in [5.41, 5.74) is 2.03. The van der Waals surface area contributed by atoms with Gasteiger partial charge in [0.1, 0.15) is 0 Å². The van der Waals surface area contributed by atoms with Gasteiger partial charge in [0, 0.05) is 48.8 Å². The normalized spacial score (nSPS) is 17.5. The van der Waals surface area contributed by atoms with Crippen molar-refractivity contribution in [2.24, 2.45) is 0 Å². The summed E-state index contributed by atoms with van der Waals surface area (Å²) in [7, 11) is 4.11. The Morgan fingerprint density at radius 3 is 1.69 bits per heavy atom. The zero-order valence-electron chi connectivity index (χ0n) is 14.7. The molecule has 2 aromatic heterocycles. The SMILES string of the molecule is CN1CCc2nc(NC(=O)C(=O)Nc3nc4c(s3)CN(C)CC4)sc2C1. The molecule has 0 radical (unpaired) electrons. The highest BCUT2D eigenvalue weighted by atomic mass is 32.1. The zero-order valence-corrected chi connectivity index (χ0v) is 16.3. The third-order valence-electron chi connectivity index (χ3n) is 4.49. The summed E-state index contributed by atoms with van der Waals surface area (Å²) in [5.74, 6) is -1.43. The summed E-state index contributed by atoms with van der Waals surface area (Å²) in [6.45, 7) is 3.56. The predicted octanol–water partition coefficient (Wildman–Crippen LogP) is 1.15. The lowest BCUT2D eigenvalue weighted by atomic mass is 10.2. The number of nitrogens with zero attached hydrogens (tertiary/aromatic N) is 4. The molecule has 138 valence electrons. The maximum Gasteiger partial charge on any atom is 0.315 e. The van der Waals surface area contributed by atoms with E-state index in [0.29, 0.717) is 10.3 Å². The van der Waals surface area contributed by atoms with E-state index in [4.69, 9.17) is 0 Å². The van der Waals surface area contributed by atoms with Crippen molar-refractivity contribution in [3.05, 3.63) is 21.1 Å². The molecule has 2 amide bonds. The van der Waals surface area contributed by atoms with Crippen LogP contribution in [0.5, 0.6) is 0 Å². The molecule has 4 heterocycles. The molecule has 26 heavy (non-hydrogen) atoms. The van der Waals surface area contributed by atoms with Crippen LogP contribution < -0.4 is 10.6 Å². The van der Waals surface area contributed by atoms with E-state index in [1.165, 1.54) is 22.7 Å². The summed E-state index contributed by atoms with van der Waals surface area (Å²) >= 11 is 2.86. The molecule has 4 rings (SSSR count). The Balaban J connectivity index is 1.39. The minimum Gasteiger partial charge on any atom is -0.301 e. The molecule has 0 spiro atoms. The Morgan fingerprint density at radius 2 is 1.27 bits per heavy atom. The van der Waals surface area contributed by atoms with E-state index in [9.17, 15) is 9.59 Å². The van der Waals surface area contributed by atoms with Gasteiger partial charge in [0.15, 0.2) is 10.3 Å². The largest absolute Gasteiger partial charge is 0.315 e. The second kappa shape index (κ2) is 7.03. The van der Waals surface area contributed by atoms with E-state index in [1.807, 2.05) is 0 Å². The van der Waals surface area contributed by atoms with Gasteiger partial charge in [-0.1, -0.05) is 0 Å². The Bertz CT molecular complexity index is 791. The predicted molar refractivity (Wildman–Crippen MR) is 102 cm³/mol. The van der Waals surface area contributed by atoms with Crippen LogP contribution in [-0.4, -0.2) is 58.8 Å². The minimum atomic E-state index is -0.713. The molecule has 2 aliphatic rings. The molecule has 0 saturated carbocycles. The van der Waals surface area contributed by atoms with Gasteiger partial charge in [-0.05, 0) is 14.1 Å². The molecular weight excluding hydrogens is 372 g/mol. The average Bonchev–Trinajstić information content (AvgIpc) is 3.16. The number of amides is 2. The summed E-state index contributed by atoms with van der Waals surface area (Å²) in [6.07, 6.45) is 1.73. The average molecular weight is 393 g/mol. The fourth-order valence-corrected chi connectivity index (χ4v) is 5.23. The lowest BCUT2D eigenvalue weighted by Crippen LogP contribution is -2.29. The Labute approximate surface area is 159 Å². The molecular formula is C16H20N6O2S2.